The van der Waals surface area contributed by atoms with Gasteiger partial charge in [0.1, 0.15) is 0 Å². The highest BCUT2D eigenvalue weighted by Gasteiger charge is 2.09. The van der Waals surface area contributed by atoms with Crippen molar-refractivity contribution in [2.24, 2.45) is 0 Å². The van der Waals surface area contributed by atoms with Gasteiger partial charge in [0.15, 0.2) is 0 Å². The molecule has 0 saturated heterocycles. The van der Waals surface area contributed by atoms with Crippen molar-refractivity contribution >= 4 is 22.5 Å². The lowest BCUT2D eigenvalue weighted by Gasteiger charge is -2.03. The maximum absolute atomic E-state index is 11.7. The van der Waals surface area contributed by atoms with Crippen molar-refractivity contribution in [2.75, 3.05) is 5.32 Å². The average molecular weight is 330 g/mol. The highest BCUT2D eigenvalue weighted by Crippen LogP contribution is 2.29. The molecule has 0 unspecified atom stereocenters. The number of carbonyl (C=O) groups excluding carboxylic acids is 1. The lowest BCUT2D eigenvalue weighted by molar-refractivity contribution is -0.115. The van der Waals surface area contributed by atoms with Gasteiger partial charge < -0.3 is 10.3 Å². The van der Waals surface area contributed by atoms with Gasteiger partial charge in [-0.1, -0.05) is 31.2 Å². The zero-order chi connectivity index (χ0) is 17.2. The summed E-state index contributed by atoms with van der Waals surface area (Å²) in [6.07, 6.45) is 6.14. The van der Waals surface area contributed by atoms with Gasteiger partial charge in [0.05, 0.1) is 17.6 Å². The Kier molecular flexibility index (Phi) is 3.82. The molecule has 0 aliphatic rings. The van der Waals surface area contributed by atoms with Gasteiger partial charge in [-0.3, -0.25) is 4.79 Å². The van der Waals surface area contributed by atoms with Gasteiger partial charge in [-0.25, -0.2) is 4.68 Å². The van der Waals surface area contributed by atoms with Crippen LogP contribution in [0.25, 0.3) is 27.7 Å². The van der Waals surface area contributed by atoms with E-state index in [-0.39, 0.29) is 5.91 Å². The molecule has 1 amide bonds. The Labute approximate surface area is 145 Å². The number of H-pyrrole nitrogens is 1. The van der Waals surface area contributed by atoms with E-state index in [4.69, 9.17) is 0 Å². The van der Waals surface area contributed by atoms with Crippen LogP contribution in [0, 0.1) is 0 Å². The molecule has 5 nitrogen and oxygen atoms in total. The Morgan fingerprint density at radius 2 is 2.00 bits per heavy atom. The molecular weight excluding hydrogens is 312 g/mol. The molecule has 0 bridgehead atoms. The average Bonchev–Trinajstić information content (AvgIpc) is 3.30. The first-order valence-electron chi connectivity index (χ1n) is 8.26. The predicted molar refractivity (Wildman–Crippen MR) is 99.8 cm³/mol. The first kappa shape index (κ1) is 15.2. The number of fused-ring (bicyclic) bond motifs is 1. The number of aromatic nitrogens is 3. The fourth-order valence-electron chi connectivity index (χ4n) is 2.84. The Morgan fingerprint density at radius 1 is 1.16 bits per heavy atom. The molecule has 0 aliphatic carbocycles. The molecule has 0 fully saturated rings. The van der Waals surface area contributed by atoms with Crippen LogP contribution in [0.2, 0.25) is 0 Å². The fraction of sp³-hybridized carbons (Fsp3) is 0.100. The van der Waals surface area contributed by atoms with Crippen LogP contribution >= 0.6 is 0 Å². The van der Waals surface area contributed by atoms with Crippen LogP contribution in [0.3, 0.4) is 0 Å². The first-order chi connectivity index (χ1) is 12.2. The van der Waals surface area contributed by atoms with E-state index >= 15 is 0 Å². The highest BCUT2D eigenvalue weighted by atomic mass is 16.1. The zero-order valence-electron chi connectivity index (χ0n) is 13.9. The second-order valence-electron chi connectivity index (χ2n) is 5.87. The number of nitrogens with one attached hydrogen (secondary N) is 2. The van der Waals surface area contributed by atoms with Crippen LogP contribution in [-0.2, 0) is 4.79 Å². The Bertz CT molecular complexity index is 1030. The van der Waals surface area contributed by atoms with E-state index in [1.807, 2.05) is 66.6 Å². The molecule has 0 aliphatic heterocycles. The Balaban J connectivity index is 1.71. The summed E-state index contributed by atoms with van der Waals surface area (Å²) in [4.78, 5) is 14.9. The largest absolute Gasteiger partial charge is 0.359 e. The third kappa shape index (κ3) is 2.92. The molecule has 25 heavy (non-hydrogen) atoms. The second kappa shape index (κ2) is 6.28. The summed E-state index contributed by atoms with van der Waals surface area (Å²) >= 11 is 0. The molecule has 2 heterocycles. The van der Waals surface area contributed by atoms with E-state index < -0.39 is 0 Å². The van der Waals surface area contributed by atoms with E-state index in [0.29, 0.717) is 6.42 Å². The number of carbonyl (C=O) groups is 1. The Morgan fingerprint density at radius 3 is 2.80 bits per heavy atom. The lowest BCUT2D eigenvalue weighted by Crippen LogP contribution is -2.08. The van der Waals surface area contributed by atoms with Gasteiger partial charge in [0.2, 0.25) is 5.91 Å². The molecule has 2 N–H and O–H groups in total. The topological polar surface area (TPSA) is 62.7 Å². The van der Waals surface area contributed by atoms with Crippen molar-refractivity contribution in [3.05, 3.63) is 67.1 Å². The number of hydrogen-bond donors (Lipinski definition) is 2. The number of amides is 1. The van der Waals surface area contributed by atoms with Gasteiger partial charge in [-0.2, -0.15) is 5.10 Å². The SMILES string of the molecule is CCC(=O)Nc1c[nH]c2ccc(-c3cnn(-c4ccccc4)c3)cc12. The van der Waals surface area contributed by atoms with Gasteiger partial charge in [-0.05, 0) is 29.8 Å². The van der Waals surface area contributed by atoms with Crippen LogP contribution in [0.15, 0.2) is 67.1 Å². The summed E-state index contributed by atoms with van der Waals surface area (Å²) in [6, 6.07) is 16.2. The zero-order valence-corrected chi connectivity index (χ0v) is 13.9. The van der Waals surface area contributed by atoms with Crippen molar-refractivity contribution in [3.8, 4) is 16.8 Å². The van der Waals surface area contributed by atoms with Crippen molar-refractivity contribution < 1.29 is 4.79 Å². The quantitative estimate of drug-likeness (QED) is 0.583. The number of anilines is 1. The van der Waals surface area contributed by atoms with Crippen molar-refractivity contribution in [1.29, 1.82) is 0 Å². The van der Waals surface area contributed by atoms with E-state index in [1.54, 1.807) is 0 Å². The van der Waals surface area contributed by atoms with Crippen LogP contribution in [-0.4, -0.2) is 20.7 Å². The van der Waals surface area contributed by atoms with E-state index in [9.17, 15) is 4.79 Å². The van der Waals surface area contributed by atoms with Crippen LogP contribution in [0.4, 0.5) is 5.69 Å². The molecule has 0 spiro atoms. The molecule has 0 atom stereocenters. The molecule has 4 aromatic rings. The van der Waals surface area contributed by atoms with Crippen molar-refractivity contribution in [1.82, 2.24) is 14.8 Å². The highest BCUT2D eigenvalue weighted by molar-refractivity contribution is 6.02. The summed E-state index contributed by atoms with van der Waals surface area (Å²) in [7, 11) is 0. The summed E-state index contributed by atoms with van der Waals surface area (Å²) in [5, 5.41) is 8.38. The summed E-state index contributed by atoms with van der Waals surface area (Å²) in [5.74, 6) is 0.00296. The summed E-state index contributed by atoms with van der Waals surface area (Å²) < 4.78 is 1.86. The molecule has 2 aromatic heterocycles. The molecule has 2 aromatic carbocycles. The van der Waals surface area contributed by atoms with Crippen molar-refractivity contribution in [2.45, 2.75) is 13.3 Å². The minimum Gasteiger partial charge on any atom is -0.359 e. The molecule has 0 radical (unpaired) electrons. The number of nitrogens with zero attached hydrogens (tertiary/aromatic N) is 2. The molecule has 124 valence electrons. The molecule has 4 rings (SSSR count). The van der Waals surface area contributed by atoms with E-state index in [1.165, 1.54) is 0 Å². The maximum Gasteiger partial charge on any atom is 0.224 e. The fourth-order valence-corrected chi connectivity index (χ4v) is 2.84. The predicted octanol–water partition coefficient (Wildman–Crippen LogP) is 4.37. The second-order valence-corrected chi connectivity index (χ2v) is 5.87. The van der Waals surface area contributed by atoms with Crippen LogP contribution in [0.1, 0.15) is 13.3 Å². The summed E-state index contributed by atoms with van der Waals surface area (Å²) in [6.45, 7) is 1.84. The first-order valence-corrected chi connectivity index (χ1v) is 8.26. The standard InChI is InChI=1S/C20H18N4O/c1-2-20(25)23-19-12-21-18-9-8-14(10-17(18)19)15-11-22-24(13-15)16-6-4-3-5-7-16/h3-13,21H,2H2,1H3,(H,23,25). The smallest absolute Gasteiger partial charge is 0.224 e. The Hall–Kier alpha value is -3.34. The number of rotatable bonds is 4. The number of aromatic amines is 1. The number of benzene rings is 2. The normalized spacial score (nSPS) is 10.9. The number of para-hydroxylation sites is 1. The van der Waals surface area contributed by atoms with E-state index in [0.717, 1.165) is 33.4 Å². The minimum absolute atomic E-state index is 0.00296. The molecule has 0 saturated carbocycles. The van der Waals surface area contributed by atoms with E-state index in [2.05, 4.69) is 27.5 Å². The van der Waals surface area contributed by atoms with Crippen molar-refractivity contribution in [3.63, 3.8) is 0 Å². The minimum atomic E-state index is 0.00296. The van der Waals surface area contributed by atoms with Gasteiger partial charge in [0, 0.05) is 35.3 Å². The van der Waals surface area contributed by atoms with Gasteiger partial charge >= 0.3 is 0 Å². The van der Waals surface area contributed by atoms with Gasteiger partial charge in [0.25, 0.3) is 0 Å². The third-order valence-corrected chi connectivity index (χ3v) is 4.21. The maximum atomic E-state index is 11.7. The summed E-state index contributed by atoms with van der Waals surface area (Å²) in [5.41, 5.74) is 4.90. The molecule has 5 heteroatoms. The van der Waals surface area contributed by atoms with Gasteiger partial charge in [-0.15, -0.1) is 0 Å². The van der Waals surface area contributed by atoms with Crippen LogP contribution < -0.4 is 5.32 Å². The monoisotopic (exact) mass is 330 g/mol. The van der Waals surface area contributed by atoms with Crippen LogP contribution in [0.5, 0.6) is 0 Å². The lowest BCUT2D eigenvalue weighted by atomic mass is 10.1. The third-order valence-electron chi connectivity index (χ3n) is 4.21. The molecular formula is C20H18N4O. The number of hydrogen-bond acceptors (Lipinski definition) is 2.